The lowest BCUT2D eigenvalue weighted by atomic mass is 10.0. The summed E-state index contributed by atoms with van der Waals surface area (Å²) in [6.45, 7) is 2.32. The van der Waals surface area contributed by atoms with Crippen molar-refractivity contribution in [2.45, 2.75) is 45.1 Å². The van der Waals surface area contributed by atoms with Gasteiger partial charge in [0.25, 0.3) is 5.91 Å². The Hall–Kier alpha value is -2.14. The number of aliphatic hydroxyl groups excluding tert-OH is 1. The van der Waals surface area contributed by atoms with Crippen molar-refractivity contribution in [3.05, 3.63) is 47.8 Å². The highest BCUT2D eigenvalue weighted by molar-refractivity contribution is 5.95. The SMILES string of the molecule is CCc1c(C(=O)NCC(O)C2CCCC2)cnn1-c1ccccc1. The molecule has 0 saturated heterocycles. The van der Waals surface area contributed by atoms with Crippen LogP contribution in [0.3, 0.4) is 0 Å². The van der Waals surface area contributed by atoms with Gasteiger partial charge in [0.05, 0.1) is 29.2 Å². The average molecular weight is 327 g/mol. The average Bonchev–Trinajstić information content (AvgIpc) is 3.29. The Bertz CT molecular complexity index is 675. The van der Waals surface area contributed by atoms with Crippen molar-refractivity contribution in [2.75, 3.05) is 6.54 Å². The fraction of sp³-hybridized carbons (Fsp3) is 0.474. The van der Waals surface area contributed by atoms with E-state index >= 15 is 0 Å². The van der Waals surface area contributed by atoms with Gasteiger partial charge in [0.15, 0.2) is 0 Å². The maximum atomic E-state index is 12.5. The summed E-state index contributed by atoms with van der Waals surface area (Å²) in [5.41, 5.74) is 2.41. The number of aromatic nitrogens is 2. The highest BCUT2D eigenvalue weighted by atomic mass is 16.3. The van der Waals surface area contributed by atoms with E-state index in [1.807, 2.05) is 41.9 Å². The van der Waals surface area contributed by atoms with Crippen LogP contribution in [0.15, 0.2) is 36.5 Å². The van der Waals surface area contributed by atoms with Crippen LogP contribution in [0.25, 0.3) is 5.69 Å². The van der Waals surface area contributed by atoms with Crippen molar-refractivity contribution < 1.29 is 9.90 Å². The summed E-state index contributed by atoms with van der Waals surface area (Å²) in [5.74, 6) is 0.161. The van der Waals surface area contributed by atoms with Crippen LogP contribution in [0.1, 0.15) is 48.7 Å². The lowest BCUT2D eigenvalue weighted by Gasteiger charge is -2.18. The van der Waals surface area contributed by atoms with E-state index in [0.717, 1.165) is 24.2 Å². The molecule has 24 heavy (non-hydrogen) atoms. The third kappa shape index (κ3) is 3.51. The van der Waals surface area contributed by atoms with Crippen molar-refractivity contribution in [2.24, 2.45) is 5.92 Å². The molecule has 5 nitrogen and oxygen atoms in total. The Morgan fingerprint density at radius 3 is 2.71 bits per heavy atom. The Kier molecular flexibility index (Phi) is 5.30. The van der Waals surface area contributed by atoms with Crippen LogP contribution < -0.4 is 5.32 Å². The van der Waals surface area contributed by atoms with E-state index in [0.29, 0.717) is 24.4 Å². The van der Waals surface area contributed by atoms with Crippen LogP contribution in [0, 0.1) is 5.92 Å². The normalized spacial score (nSPS) is 16.2. The Morgan fingerprint density at radius 1 is 1.33 bits per heavy atom. The molecule has 3 rings (SSSR count). The first-order valence-corrected chi connectivity index (χ1v) is 8.79. The molecule has 1 aromatic heterocycles. The van der Waals surface area contributed by atoms with Crippen LogP contribution in [-0.4, -0.2) is 33.4 Å². The van der Waals surface area contributed by atoms with Gasteiger partial charge in [-0.05, 0) is 37.3 Å². The Labute approximate surface area is 142 Å². The summed E-state index contributed by atoms with van der Waals surface area (Å²) in [4.78, 5) is 12.5. The molecule has 1 heterocycles. The van der Waals surface area contributed by atoms with Gasteiger partial charge in [-0.2, -0.15) is 5.10 Å². The standard InChI is InChI=1S/C19H25N3O2/c1-2-17-16(12-21-22(17)15-10-4-3-5-11-15)19(24)20-13-18(23)14-8-6-7-9-14/h3-5,10-12,14,18,23H,2,6-9,13H2,1H3,(H,20,24). The molecule has 0 radical (unpaired) electrons. The number of aliphatic hydroxyl groups is 1. The second kappa shape index (κ2) is 7.62. The number of nitrogens with zero attached hydrogens (tertiary/aromatic N) is 2. The van der Waals surface area contributed by atoms with Crippen molar-refractivity contribution in [3.8, 4) is 5.69 Å². The maximum absolute atomic E-state index is 12.5. The fourth-order valence-electron chi connectivity index (χ4n) is 3.50. The molecule has 1 amide bonds. The number of benzene rings is 1. The number of carbonyl (C=O) groups is 1. The maximum Gasteiger partial charge on any atom is 0.254 e. The van der Waals surface area contributed by atoms with E-state index in [2.05, 4.69) is 10.4 Å². The van der Waals surface area contributed by atoms with Crippen molar-refractivity contribution in [1.82, 2.24) is 15.1 Å². The van der Waals surface area contributed by atoms with Gasteiger partial charge in [0.2, 0.25) is 0 Å². The number of amides is 1. The zero-order chi connectivity index (χ0) is 16.9. The van der Waals surface area contributed by atoms with Crippen LogP contribution >= 0.6 is 0 Å². The second-order valence-electron chi connectivity index (χ2n) is 6.43. The topological polar surface area (TPSA) is 67.2 Å². The van der Waals surface area contributed by atoms with E-state index in [1.165, 1.54) is 12.8 Å². The summed E-state index contributed by atoms with van der Waals surface area (Å²) in [6.07, 6.45) is 6.35. The minimum atomic E-state index is -0.453. The molecule has 1 atom stereocenters. The van der Waals surface area contributed by atoms with E-state index in [4.69, 9.17) is 0 Å². The van der Waals surface area contributed by atoms with E-state index in [1.54, 1.807) is 6.20 Å². The van der Waals surface area contributed by atoms with Gasteiger partial charge >= 0.3 is 0 Å². The molecule has 5 heteroatoms. The first-order valence-electron chi connectivity index (χ1n) is 8.79. The zero-order valence-electron chi connectivity index (χ0n) is 14.1. The first kappa shape index (κ1) is 16.7. The van der Waals surface area contributed by atoms with E-state index in [-0.39, 0.29) is 5.91 Å². The monoisotopic (exact) mass is 327 g/mol. The number of para-hydroxylation sites is 1. The molecule has 2 N–H and O–H groups in total. The van der Waals surface area contributed by atoms with Gasteiger partial charge in [-0.1, -0.05) is 38.0 Å². The second-order valence-corrected chi connectivity index (χ2v) is 6.43. The third-order valence-electron chi connectivity index (χ3n) is 4.86. The van der Waals surface area contributed by atoms with Gasteiger partial charge in [-0.25, -0.2) is 4.68 Å². The van der Waals surface area contributed by atoms with Gasteiger partial charge in [-0.15, -0.1) is 0 Å². The first-order chi connectivity index (χ1) is 11.7. The lowest BCUT2D eigenvalue weighted by Crippen LogP contribution is -2.35. The molecular formula is C19H25N3O2. The van der Waals surface area contributed by atoms with Crippen molar-refractivity contribution in [1.29, 1.82) is 0 Å². The predicted molar refractivity (Wildman–Crippen MR) is 93.2 cm³/mol. The molecule has 0 aliphatic heterocycles. The Morgan fingerprint density at radius 2 is 2.04 bits per heavy atom. The summed E-state index contributed by atoms with van der Waals surface area (Å²) in [5, 5.41) is 17.5. The number of rotatable bonds is 6. The number of hydrogen-bond acceptors (Lipinski definition) is 3. The molecule has 1 fully saturated rings. The quantitative estimate of drug-likeness (QED) is 0.857. The number of carbonyl (C=O) groups excluding carboxylic acids is 1. The number of hydrogen-bond donors (Lipinski definition) is 2. The smallest absolute Gasteiger partial charge is 0.254 e. The molecular weight excluding hydrogens is 302 g/mol. The summed E-state index contributed by atoms with van der Waals surface area (Å²) in [6, 6.07) is 9.80. The Balaban J connectivity index is 1.70. The molecule has 1 aromatic carbocycles. The van der Waals surface area contributed by atoms with Gasteiger partial charge in [-0.3, -0.25) is 4.79 Å². The van der Waals surface area contributed by atoms with E-state index < -0.39 is 6.10 Å². The molecule has 1 unspecified atom stereocenters. The summed E-state index contributed by atoms with van der Waals surface area (Å²) in [7, 11) is 0. The number of nitrogens with one attached hydrogen (secondary N) is 1. The van der Waals surface area contributed by atoms with E-state index in [9.17, 15) is 9.90 Å². The van der Waals surface area contributed by atoms with Crippen LogP contribution in [-0.2, 0) is 6.42 Å². The van der Waals surface area contributed by atoms with Gasteiger partial charge in [0, 0.05) is 6.54 Å². The minimum Gasteiger partial charge on any atom is -0.391 e. The van der Waals surface area contributed by atoms with Crippen LogP contribution in [0.4, 0.5) is 0 Å². The summed E-state index contributed by atoms with van der Waals surface area (Å²) >= 11 is 0. The van der Waals surface area contributed by atoms with Crippen molar-refractivity contribution in [3.63, 3.8) is 0 Å². The minimum absolute atomic E-state index is 0.161. The van der Waals surface area contributed by atoms with Crippen molar-refractivity contribution >= 4 is 5.91 Å². The molecule has 1 saturated carbocycles. The zero-order valence-corrected chi connectivity index (χ0v) is 14.1. The van der Waals surface area contributed by atoms with Gasteiger partial charge in [0.1, 0.15) is 0 Å². The highest BCUT2D eigenvalue weighted by Crippen LogP contribution is 2.27. The predicted octanol–water partition coefficient (Wildman–Crippen LogP) is 2.72. The summed E-state index contributed by atoms with van der Waals surface area (Å²) < 4.78 is 1.81. The largest absolute Gasteiger partial charge is 0.391 e. The molecule has 0 spiro atoms. The third-order valence-corrected chi connectivity index (χ3v) is 4.86. The molecule has 1 aliphatic rings. The van der Waals surface area contributed by atoms with Gasteiger partial charge < -0.3 is 10.4 Å². The molecule has 128 valence electrons. The van der Waals surface area contributed by atoms with Crippen LogP contribution in [0.2, 0.25) is 0 Å². The highest BCUT2D eigenvalue weighted by Gasteiger charge is 2.24. The molecule has 2 aromatic rings. The lowest BCUT2D eigenvalue weighted by molar-refractivity contribution is 0.0840. The molecule has 1 aliphatic carbocycles. The fourth-order valence-corrected chi connectivity index (χ4v) is 3.50. The van der Waals surface area contributed by atoms with Crippen LogP contribution in [0.5, 0.6) is 0 Å². The molecule has 0 bridgehead atoms.